The van der Waals surface area contributed by atoms with Crippen LogP contribution >= 0.6 is 22.6 Å². The maximum atomic E-state index is 10.9. The van der Waals surface area contributed by atoms with Crippen LogP contribution in [0.5, 0.6) is 0 Å². The monoisotopic (exact) mass is 280 g/mol. The standard InChI is InChI=1S/C6H5IN2O3/c7-3-1-4(9-6(11)12)5(10)8-2-3/h1-2,9H,(H,8,10)(H,11,12). The van der Waals surface area contributed by atoms with E-state index < -0.39 is 11.7 Å². The van der Waals surface area contributed by atoms with Crippen molar-refractivity contribution in [1.29, 1.82) is 0 Å². The Hall–Kier alpha value is -1.05. The second-order valence-electron chi connectivity index (χ2n) is 1.99. The van der Waals surface area contributed by atoms with Crippen LogP contribution in [0.25, 0.3) is 0 Å². The number of amides is 1. The van der Waals surface area contributed by atoms with Crippen molar-refractivity contribution in [1.82, 2.24) is 4.98 Å². The molecule has 5 nitrogen and oxygen atoms in total. The van der Waals surface area contributed by atoms with E-state index in [0.29, 0.717) is 0 Å². The van der Waals surface area contributed by atoms with Gasteiger partial charge in [-0.25, -0.2) is 4.79 Å². The fourth-order valence-corrected chi connectivity index (χ4v) is 1.13. The lowest BCUT2D eigenvalue weighted by atomic mass is 10.4. The molecule has 0 atom stereocenters. The minimum atomic E-state index is -1.25. The number of nitrogens with one attached hydrogen (secondary N) is 2. The van der Waals surface area contributed by atoms with E-state index in [1.54, 1.807) is 0 Å². The minimum absolute atomic E-state index is 0.0365. The number of rotatable bonds is 1. The van der Waals surface area contributed by atoms with E-state index in [0.717, 1.165) is 3.57 Å². The number of H-pyrrole nitrogens is 1. The molecule has 1 rings (SSSR count). The molecule has 1 heterocycles. The Morgan fingerprint density at radius 1 is 1.67 bits per heavy atom. The van der Waals surface area contributed by atoms with Crippen LogP contribution in [0.15, 0.2) is 17.1 Å². The van der Waals surface area contributed by atoms with Crippen LogP contribution in [0.4, 0.5) is 10.5 Å². The predicted octanol–water partition coefficient (Wildman–Crippen LogP) is 1.07. The predicted molar refractivity (Wildman–Crippen MR) is 51.4 cm³/mol. The molecule has 1 aromatic rings. The van der Waals surface area contributed by atoms with Gasteiger partial charge in [-0.2, -0.15) is 0 Å². The molecule has 0 fully saturated rings. The lowest BCUT2D eigenvalue weighted by molar-refractivity contribution is 0.209. The van der Waals surface area contributed by atoms with E-state index in [4.69, 9.17) is 5.11 Å². The molecule has 1 aromatic heterocycles. The second kappa shape index (κ2) is 3.57. The van der Waals surface area contributed by atoms with Crippen molar-refractivity contribution < 1.29 is 9.90 Å². The first-order chi connectivity index (χ1) is 5.59. The molecule has 0 bridgehead atoms. The Balaban J connectivity index is 3.06. The second-order valence-corrected chi connectivity index (χ2v) is 3.24. The zero-order valence-corrected chi connectivity index (χ0v) is 7.95. The first-order valence-corrected chi connectivity index (χ1v) is 4.05. The Kier molecular flexibility index (Phi) is 2.69. The molecule has 6 heteroatoms. The maximum Gasteiger partial charge on any atom is 0.409 e. The molecule has 0 radical (unpaired) electrons. The summed E-state index contributed by atoms with van der Waals surface area (Å²) in [6.45, 7) is 0. The topological polar surface area (TPSA) is 82.2 Å². The summed E-state index contributed by atoms with van der Waals surface area (Å²) in [7, 11) is 0. The molecular weight excluding hydrogens is 275 g/mol. The number of aromatic nitrogens is 1. The molecule has 12 heavy (non-hydrogen) atoms. The lowest BCUT2D eigenvalue weighted by Crippen LogP contribution is -2.17. The Morgan fingerprint density at radius 3 is 2.92 bits per heavy atom. The number of anilines is 1. The summed E-state index contributed by atoms with van der Waals surface area (Å²) < 4.78 is 0.760. The Morgan fingerprint density at radius 2 is 2.33 bits per heavy atom. The van der Waals surface area contributed by atoms with Crippen molar-refractivity contribution in [3.8, 4) is 0 Å². The number of halogens is 1. The first-order valence-electron chi connectivity index (χ1n) is 2.98. The van der Waals surface area contributed by atoms with Crippen LogP contribution in [0.2, 0.25) is 0 Å². The zero-order valence-electron chi connectivity index (χ0n) is 5.80. The number of carbonyl (C=O) groups is 1. The summed E-state index contributed by atoms with van der Waals surface area (Å²) in [5.74, 6) is 0. The van der Waals surface area contributed by atoms with E-state index in [1.165, 1.54) is 12.3 Å². The van der Waals surface area contributed by atoms with Crippen molar-refractivity contribution >= 4 is 34.4 Å². The summed E-state index contributed by atoms with van der Waals surface area (Å²) in [6, 6.07) is 1.45. The molecule has 0 aliphatic rings. The van der Waals surface area contributed by atoms with Crippen molar-refractivity contribution in [2.75, 3.05) is 5.32 Å². The number of carboxylic acid groups (broad SMARTS) is 1. The highest BCUT2D eigenvalue weighted by Gasteiger charge is 2.02. The van der Waals surface area contributed by atoms with Gasteiger partial charge in [0.05, 0.1) is 0 Å². The molecule has 64 valence electrons. The number of hydrogen-bond acceptors (Lipinski definition) is 2. The highest BCUT2D eigenvalue weighted by molar-refractivity contribution is 14.1. The summed E-state index contributed by atoms with van der Waals surface area (Å²) in [6.07, 6.45) is 0.248. The van der Waals surface area contributed by atoms with Crippen LogP contribution in [-0.2, 0) is 0 Å². The quantitative estimate of drug-likeness (QED) is 0.673. The Labute approximate surface area is 80.9 Å². The molecule has 0 spiro atoms. The molecule has 0 aliphatic carbocycles. The van der Waals surface area contributed by atoms with Gasteiger partial charge >= 0.3 is 6.09 Å². The van der Waals surface area contributed by atoms with Crippen molar-refractivity contribution in [2.45, 2.75) is 0 Å². The molecule has 0 saturated heterocycles. The zero-order chi connectivity index (χ0) is 9.14. The van der Waals surface area contributed by atoms with Gasteiger partial charge in [0.1, 0.15) is 5.69 Å². The van der Waals surface area contributed by atoms with Gasteiger partial charge in [-0.15, -0.1) is 0 Å². The van der Waals surface area contributed by atoms with E-state index >= 15 is 0 Å². The van der Waals surface area contributed by atoms with Crippen LogP contribution < -0.4 is 10.9 Å². The van der Waals surface area contributed by atoms with Crippen molar-refractivity contribution in [3.63, 3.8) is 0 Å². The molecule has 0 aliphatic heterocycles. The normalized spacial score (nSPS) is 9.42. The third-order valence-corrected chi connectivity index (χ3v) is 1.73. The molecule has 1 amide bonds. The van der Waals surface area contributed by atoms with Gasteiger partial charge in [0.25, 0.3) is 5.56 Å². The average molecular weight is 280 g/mol. The van der Waals surface area contributed by atoms with E-state index in [9.17, 15) is 9.59 Å². The van der Waals surface area contributed by atoms with E-state index in [2.05, 4.69) is 4.98 Å². The van der Waals surface area contributed by atoms with Gasteiger partial charge in [0.15, 0.2) is 0 Å². The first kappa shape index (κ1) is 9.04. The largest absolute Gasteiger partial charge is 0.465 e. The summed E-state index contributed by atoms with van der Waals surface area (Å²) in [5, 5.41) is 10.3. The molecule has 3 N–H and O–H groups in total. The summed E-state index contributed by atoms with van der Waals surface area (Å²) in [4.78, 5) is 23.5. The van der Waals surface area contributed by atoms with Gasteiger partial charge in [0.2, 0.25) is 0 Å². The smallest absolute Gasteiger partial charge is 0.409 e. The third kappa shape index (κ3) is 2.22. The Bertz CT molecular complexity index is 360. The van der Waals surface area contributed by atoms with Crippen LogP contribution in [-0.4, -0.2) is 16.2 Å². The van der Waals surface area contributed by atoms with Crippen molar-refractivity contribution in [3.05, 3.63) is 26.2 Å². The molecular formula is C6H5IN2O3. The van der Waals surface area contributed by atoms with Crippen LogP contribution in [0.1, 0.15) is 0 Å². The van der Waals surface area contributed by atoms with Crippen molar-refractivity contribution in [2.24, 2.45) is 0 Å². The number of aromatic amines is 1. The third-order valence-electron chi connectivity index (χ3n) is 1.11. The fourth-order valence-electron chi connectivity index (χ4n) is 0.665. The van der Waals surface area contributed by atoms with Gasteiger partial charge < -0.3 is 10.1 Å². The fraction of sp³-hybridized carbons (Fsp3) is 0. The number of hydrogen-bond donors (Lipinski definition) is 3. The van der Waals surface area contributed by atoms with Gasteiger partial charge in [-0.1, -0.05) is 0 Å². The minimum Gasteiger partial charge on any atom is -0.465 e. The van der Waals surface area contributed by atoms with Crippen LogP contribution in [0.3, 0.4) is 0 Å². The van der Waals surface area contributed by atoms with E-state index in [1.807, 2.05) is 27.9 Å². The van der Waals surface area contributed by atoms with Gasteiger partial charge in [-0.05, 0) is 28.7 Å². The highest BCUT2D eigenvalue weighted by atomic mass is 127. The molecule has 0 aromatic carbocycles. The molecule has 0 saturated carbocycles. The summed E-state index contributed by atoms with van der Waals surface area (Å²) in [5.41, 5.74) is -0.410. The maximum absolute atomic E-state index is 10.9. The average Bonchev–Trinajstić information content (AvgIpc) is 1.96. The molecule has 0 unspecified atom stereocenters. The van der Waals surface area contributed by atoms with Crippen LogP contribution in [0, 0.1) is 3.57 Å². The number of pyridine rings is 1. The van der Waals surface area contributed by atoms with Gasteiger partial charge in [-0.3, -0.25) is 10.1 Å². The SMILES string of the molecule is O=C(O)Nc1cc(I)c[nH]c1=O. The lowest BCUT2D eigenvalue weighted by Gasteiger charge is -1.98. The van der Waals surface area contributed by atoms with Gasteiger partial charge in [0, 0.05) is 9.77 Å². The van der Waals surface area contributed by atoms with E-state index in [-0.39, 0.29) is 5.69 Å². The summed E-state index contributed by atoms with van der Waals surface area (Å²) >= 11 is 1.97. The highest BCUT2D eigenvalue weighted by Crippen LogP contribution is 2.05.